The predicted octanol–water partition coefficient (Wildman–Crippen LogP) is 3.00. The van der Waals surface area contributed by atoms with Crippen LogP contribution in [0, 0.1) is 17.8 Å². The number of amides is 2. The fourth-order valence-electron chi connectivity index (χ4n) is 2.77. The molecule has 0 aromatic heterocycles. The van der Waals surface area contributed by atoms with Gasteiger partial charge in [-0.2, -0.15) is 13.2 Å². The molecule has 1 aliphatic carbocycles. The van der Waals surface area contributed by atoms with Gasteiger partial charge in [0.1, 0.15) is 0 Å². The minimum absolute atomic E-state index is 0.00739. The Morgan fingerprint density at radius 2 is 1.88 bits per heavy atom. The zero-order valence-corrected chi connectivity index (χ0v) is 13.9. The number of carboxylic acid groups (broad SMARTS) is 1. The van der Waals surface area contributed by atoms with Crippen molar-refractivity contribution in [1.29, 1.82) is 0 Å². The van der Waals surface area contributed by atoms with E-state index in [9.17, 15) is 22.8 Å². The molecule has 1 saturated carbocycles. The van der Waals surface area contributed by atoms with E-state index in [2.05, 4.69) is 22.5 Å². The quantitative estimate of drug-likeness (QED) is 0.718. The summed E-state index contributed by atoms with van der Waals surface area (Å²) in [6, 6.07) is 4.15. The van der Waals surface area contributed by atoms with Crippen LogP contribution in [-0.2, 0) is 11.0 Å². The van der Waals surface area contributed by atoms with Crippen molar-refractivity contribution in [3.05, 3.63) is 35.4 Å². The molecule has 0 atom stereocenters. The number of rotatable bonds is 3. The summed E-state index contributed by atoms with van der Waals surface area (Å²) in [5.74, 6) is 4.02. The zero-order chi connectivity index (χ0) is 19.2. The average molecular weight is 368 g/mol. The van der Waals surface area contributed by atoms with Crippen LogP contribution in [0.3, 0.4) is 0 Å². The minimum atomic E-state index is -4.42. The second-order valence-corrected chi connectivity index (χ2v) is 6.09. The highest BCUT2D eigenvalue weighted by Crippen LogP contribution is 2.29. The van der Waals surface area contributed by atoms with Gasteiger partial charge in [-0.3, -0.25) is 4.79 Å². The van der Waals surface area contributed by atoms with Gasteiger partial charge >= 0.3 is 18.2 Å². The van der Waals surface area contributed by atoms with Crippen LogP contribution in [0.4, 0.5) is 18.0 Å². The maximum Gasteiger partial charge on any atom is 0.416 e. The molecule has 140 valence electrons. The van der Waals surface area contributed by atoms with E-state index in [0.717, 1.165) is 12.1 Å². The Morgan fingerprint density at radius 3 is 2.50 bits per heavy atom. The molecule has 0 radical (unpaired) electrons. The predicted molar refractivity (Wildman–Crippen MR) is 88.2 cm³/mol. The fourth-order valence-corrected chi connectivity index (χ4v) is 2.77. The number of nitrogens with one attached hydrogen (secondary N) is 2. The first-order valence-corrected chi connectivity index (χ1v) is 8.19. The third-order valence-corrected chi connectivity index (χ3v) is 4.17. The Kier molecular flexibility index (Phi) is 6.50. The third-order valence-electron chi connectivity index (χ3n) is 4.17. The molecule has 1 aromatic rings. The van der Waals surface area contributed by atoms with Gasteiger partial charge in [0.25, 0.3) is 0 Å². The smallest absolute Gasteiger partial charge is 0.416 e. The average Bonchev–Trinajstić information content (AvgIpc) is 2.59. The second-order valence-electron chi connectivity index (χ2n) is 6.09. The number of carbonyl (C=O) groups excluding carboxylic acids is 1. The molecule has 0 heterocycles. The number of hydrogen-bond acceptors (Lipinski definition) is 2. The van der Waals surface area contributed by atoms with Crippen LogP contribution in [0.25, 0.3) is 0 Å². The first-order chi connectivity index (χ1) is 12.3. The maximum atomic E-state index is 12.6. The highest BCUT2D eigenvalue weighted by atomic mass is 19.4. The highest BCUT2D eigenvalue weighted by molar-refractivity contribution is 5.74. The Bertz CT molecular complexity index is 714. The lowest BCUT2D eigenvalue weighted by atomic mass is 9.86. The number of alkyl halides is 3. The van der Waals surface area contributed by atoms with Crippen molar-refractivity contribution in [2.45, 2.75) is 37.9 Å². The van der Waals surface area contributed by atoms with Crippen LogP contribution in [0.5, 0.6) is 0 Å². The van der Waals surface area contributed by atoms with Crippen LogP contribution in [0.2, 0.25) is 0 Å². The van der Waals surface area contributed by atoms with Crippen LogP contribution >= 0.6 is 0 Å². The molecule has 8 heteroatoms. The van der Waals surface area contributed by atoms with E-state index < -0.39 is 23.7 Å². The van der Waals surface area contributed by atoms with Gasteiger partial charge in [0, 0.05) is 11.6 Å². The molecule has 1 aliphatic rings. The second kappa shape index (κ2) is 8.61. The molecule has 2 amide bonds. The van der Waals surface area contributed by atoms with E-state index in [-0.39, 0.29) is 24.1 Å². The molecule has 1 fully saturated rings. The van der Waals surface area contributed by atoms with Gasteiger partial charge in [-0.05, 0) is 43.9 Å². The number of carboxylic acids is 1. The van der Waals surface area contributed by atoms with Gasteiger partial charge in [-0.1, -0.05) is 17.9 Å². The standard InChI is InChI=1S/C18H19F3N2O3/c19-18(20,21)14-5-1-3-12(11-14)4-2-10-22-17(26)23-15-8-6-13(7-9-15)16(24)25/h1,3,5,11,13,15H,6-10H2,(H,24,25)(H2,22,23,26). The summed E-state index contributed by atoms with van der Waals surface area (Å²) in [6.07, 6.45) is -2.18. The number of urea groups is 1. The topological polar surface area (TPSA) is 78.4 Å². The first kappa shape index (κ1) is 19.6. The molecule has 0 spiro atoms. The maximum absolute atomic E-state index is 12.6. The first-order valence-electron chi connectivity index (χ1n) is 8.19. The lowest BCUT2D eigenvalue weighted by Gasteiger charge is -2.26. The molecule has 0 bridgehead atoms. The molecule has 0 saturated heterocycles. The van der Waals surface area contributed by atoms with Crippen molar-refractivity contribution in [2.75, 3.05) is 6.54 Å². The lowest BCUT2D eigenvalue weighted by Crippen LogP contribution is -2.44. The van der Waals surface area contributed by atoms with Crippen molar-refractivity contribution >= 4 is 12.0 Å². The Hall–Kier alpha value is -2.69. The molecule has 2 rings (SSSR count). The van der Waals surface area contributed by atoms with Crippen LogP contribution < -0.4 is 10.6 Å². The van der Waals surface area contributed by atoms with Gasteiger partial charge in [0.15, 0.2) is 0 Å². The van der Waals surface area contributed by atoms with Crippen molar-refractivity contribution in [2.24, 2.45) is 5.92 Å². The monoisotopic (exact) mass is 368 g/mol. The van der Waals surface area contributed by atoms with E-state index in [1.807, 2.05) is 0 Å². The molecule has 5 nitrogen and oxygen atoms in total. The molecule has 0 aliphatic heterocycles. The minimum Gasteiger partial charge on any atom is -0.481 e. The van der Waals surface area contributed by atoms with Gasteiger partial charge < -0.3 is 15.7 Å². The summed E-state index contributed by atoms with van der Waals surface area (Å²) in [4.78, 5) is 22.6. The van der Waals surface area contributed by atoms with E-state index in [0.29, 0.717) is 25.7 Å². The van der Waals surface area contributed by atoms with Gasteiger partial charge in [-0.15, -0.1) is 0 Å². The van der Waals surface area contributed by atoms with Crippen molar-refractivity contribution in [3.8, 4) is 11.8 Å². The number of halogens is 3. The largest absolute Gasteiger partial charge is 0.481 e. The Morgan fingerprint density at radius 1 is 1.19 bits per heavy atom. The van der Waals surface area contributed by atoms with Crippen molar-refractivity contribution in [1.82, 2.24) is 10.6 Å². The number of aliphatic carboxylic acids is 1. The van der Waals surface area contributed by atoms with E-state index in [4.69, 9.17) is 5.11 Å². The number of carbonyl (C=O) groups is 2. The zero-order valence-electron chi connectivity index (χ0n) is 13.9. The summed E-state index contributed by atoms with van der Waals surface area (Å²) >= 11 is 0. The van der Waals surface area contributed by atoms with Gasteiger partial charge in [0.2, 0.25) is 0 Å². The van der Waals surface area contributed by atoms with Gasteiger partial charge in [-0.25, -0.2) is 4.79 Å². The summed E-state index contributed by atoms with van der Waals surface area (Å²) < 4.78 is 37.8. The van der Waals surface area contributed by atoms with Crippen molar-refractivity contribution < 1.29 is 27.9 Å². The molecule has 26 heavy (non-hydrogen) atoms. The molecular weight excluding hydrogens is 349 g/mol. The Balaban J connectivity index is 1.76. The normalized spacial score (nSPS) is 19.8. The molecule has 1 aromatic carbocycles. The van der Waals surface area contributed by atoms with E-state index >= 15 is 0 Å². The molecule has 3 N–H and O–H groups in total. The highest BCUT2D eigenvalue weighted by Gasteiger charge is 2.30. The number of benzene rings is 1. The third kappa shape index (κ3) is 5.99. The van der Waals surface area contributed by atoms with E-state index in [1.54, 1.807) is 0 Å². The SMILES string of the molecule is O=C(NCC#Cc1cccc(C(F)(F)F)c1)NC1CCC(C(=O)O)CC1. The molecule has 0 unspecified atom stereocenters. The lowest BCUT2D eigenvalue weighted by molar-refractivity contribution is -0.143. The summed E-state index contributed by atoms with van der Waals surface area (Å²) in [6.45, 7) is -0.00739. The van der Waals surface area contributed by atoms with Crippen LogP contribution in [-0.4, -0.2) is 29.7 Å². The van der Waals surface area contributed by atoms with E-state index in [1.165, 1.54) is 12.1 Å². The summed E-state index contributed by atoms with van der Waals surface area (Å²) in [7, 11) is 0. The summed E-state index contributed by atoms with van der Waals surface area (Å²) in [5, 5.41) is 14.2. The summed E-state index contributed by atoms with van der Waals surface area (Å²) in [5.41, 5.74) is -0.555. The number of hydrogen-bond donors (Lipinski definition) is 3. The molecular formula is C18H19F3N2O3. The van der Waals surface area contributed by atoms with Crippen LogP contribution in [0.1, 0.15) is 36.8 Å². The fraction of sp³-hybridized carbons (Fsp3) is 0.444. The van der Waals surface area contributed by atoms with Gasteiger partial charge in [0.05, 0.1) is 18.0 Å². The Labute approximate surface area is 149 Å². The van der Waals surface area contributed by atoms with Crippen LogP contribution in [0.15, 0.2) is 24.3 Å². The van der Waals surface area contributed by atoms with Crippen molar-refractivity contribution in [3.63, 3.8) is 0 Å².